The third kappa shape index (κ3) is 2.82. The Kier molecular flexibility index (Phi) is 4.19. The minimum absolute atomic E-state index is 0.296. The van der Waals surface area contributed by atoms with Crippen LogP contribution in [0.2, 0.25) is 10.0 Å². The lowest BCUT2D eigenvalue weighted by molar-refractivity contribution is 0.0740. The quantitative estimate of drug-likeness (QED) is 0.221. The third-order valence-electron chi connectivity index (χ3n) is 4.93. The van der Waals surface area contributed by atoms with Crippen LogP contribution in [0.4, 0.5) is 0 Å². The first-order valence-corrected chi connectivity index (χ1v) is 10.3. The zero-order valence-electron chi connectivity index (χ0n) is 14.4. The highest BCUT2D eigenvalue weighted by Crippen LogP contribution is 2.37. The van der Waals surface area contributed by atoms with E-state index in [-0.39, 0.29) is 5.63 Å². The molecule has 0 bridgehead atoms. The van der Waals surface area contributed by atoms with Crippen molar-refractivity contribution < 1.29 is 13.9 Å². The van der Waals surface area contributed by atoms with Crippen LogP contribution in [0.1, 0.15) is 27.2 Å². The standard InChI is InChI=1S/C21H12Cl2O4S/c22-10-4-6-15-17(8-10)28-19(18(15)23)21(25)26-11-5-7-13-12-2-1-3-14(12)20(24)27-16(13)9-11/h4-9H,1-3H2. The topological polar surface area (TPSA) is 56.5 Å². The summed E-state index contributed by atoms with van der Waals surface area (Å²) < 4.78 is 11.7. The summed E-state index contributed by atoms with van der Waals surface area (Å²) in [6.07, 6.45) is 2.56. The molecule has 1 aliphatic rings. The fraction of sp³-hybridized carbons (Fsp3) is 0.143. The lowest BCUT2D eigenvalue weighted by Crippen LogP contribution is -2.08. The second-order valence-electron chi connectivity index (χ2n) is 6.63. The van der Waals surface area contributed by atoms with E-state index in [4.69, 9.17) is 32.4 Å². The van der Waals surface area contributed by atoms with Crippen molar-refractivity contribution in [2.75, 3.05) is 0 Å². The van der Waals surface area contributed by atoms with Crippen molar-refractivity contribution >= 4 is 61.6 Å². The lowest BCUT2D eigenvalue weighted by Gasteiger charge is -2.07. The van der Waals surface area contributed by atoms with E-state index in [1.165, 1.54) is 11.3 Å². The number of hydrogen-bond acceptors (Lipinski definition) is 5. The number of esters is 1. The van der Waals surface area contributed by atoms with Gasteiger partial charge in [-0.1, -0.05) is 29.3 Å². The number of thiophene rings is 1. The van der Waals surface area contributed by atoms with E-state index in [1.54, 1.807) is 30.3 Å². The second kappa shape index (κ2) is 6.62. The number of ether oxygens (including phenoxy) is 1. The molecule has 0 radical (unpaired) electrons. The summed E-state index contributed by atoms with van der Waals surface area (Å²) in [4.78, 5) is 25.1. The van der Waals surface area contributed by atoms with Gasteiger partial charge < -0.3 is 9.15 Å². The van der Waals surface area contributed by atoms with Crippen LogP contribution >= 0.6 is 34.5 Å². The Balaban J connectivity index is 1.52. The highest BCUT2D eigenvalue weighted by molar-refractivity contribution is 7.21. The summed E-state index contributed by atoms with van der Waals surface area (Å²) in [5.41, 5.74) is 1.90. The van der Waals surface area contributed by atoms with Crippen molar-refractivity contribution in [3.8, 4) is 5.75 Å². The maximum absolute atomic E-state index is 12.7. The van der Waals surface area contributed by atoms with Crippen LogP contribution in [-0.4, -0.2) is 5.97 Å². The maximum Gasteiger partial charge on any atom is 0.355 e. The van der Waals surface area contributed by atoms with Gasteiger partial charge in [0.25, 0.3) is 0 Å². The molecule has 2 aromatic carbocycles. The van der Waals surface area contributed by atoms with Crippen molar-refractivity contribution in [3.05, 3.63) is 72.9 Å². The maximum atomic E-state index is 12.7. The normalized spacial score (nSPS) is 13.2. The van der Waals surface area contributed by atoms with Crippen molar-refractivity contribution in [1.82, 2.24) is 0 Å². The Morgan fingerprint density at radius 1 is 1.04 bits per heavy atom. The van der Waals surface area contributed by atoms with E-state index >= 15 is 0 Å². The molecule has 2 heterocycles. The summed E-state index contributed by atoms with van der Waals surface area (Å²) in [5.74, 6) is -0.268. The van der Waals surface area contributed by atoms with Gasteiger partial charge in [-0.3, -0.25) is 0 Å². The van der Waals surface area contributed by atoms with Gasteiger partial charge in [0, 0.05) is 32.1 Å². The van der Waals surface area contributed by atoms with Gasteiger partial charge >= 0.3 is 11.6 Å². The van der Waals surface area contributed by atoms with Crippen molar-refractivity contribution in [2.24, 2.45) is 0 Å². The van der Waals surface area contributed by atoms with Gasteiger partial charge in [0.05, 0.1) is 5.02 Å². The molecule has 0 N–H and O–H groups in total. The highest BCUT2D eigenvalue weighted by Gasteiger charge is 2.22. The van der Waals surface area contributed by atoms with Gasteiger partial charge in [0.2, 0.25) is 0 Å². The highest BCUT2D eigenvalue weighted by atomic mass is 35.5. The number of rotatable bonds is 2. The largest absolute Gasteiger partial charge is 0.422 e. The van der Waals surface area contributed by atoms with Crippen molar-refractivity contribution in [3.63, 3.8) is 0 Å². The number of benzene rings is 2. The minimum Gasteiger partial charge on any atom is -0.422 e. The summed E-state index contributed by atoms with van der Waals surface area (Å²) in [7, 11) is 0. The number of carbonyl (C=O) groups is 1. The molecule has 0 atom stereocenters. The van der Waals surface area contributed by atoms with Crippen LogP contribution in [0.5, 0.6) is 5.75 Å². The molecule has 0 fully saturated rings. The Morgan fingerprint density at radius 3 is 2.68 bits per heavy atom. The predicted octanol–water partition coefficient (Wildman–Crippen LogP) is 6.02. The van der Waals surface area contributed by atoms with Crippen molar-refractivity contribution in [2.45, 2.75) is 19.3 Å². The Labute approximate surface area is 173 Å². The molecule has 0 spiro atoms. The number of halogens is 2. The molecule has 0 aliphatic heterocycles. The molecule has 0 amide bonds. The van der Waals surface area contributed by atoms with Crippen LogP contribution in [0.25, 0.3) is 21.1 Å². The summed E-state index contributed by atoms with van der Waals surface area (Å²) in [5, 5.41) is 2.55. The van der Waals surface area contributed by atoms with Crippen LogP contribution in [0, 0.1) is 0 Å². The Bertz CT molecular complexity index is 1340. The molecule has 0 saturated carbocycles. The van der Waals surface area contributed by atoms with Crippen LogP contribution in [0.15, 0.2) is 45.6 Å². The summed E-state index contributed by atoms with van der Waals surface area (Å²) in [6, 6.07) is 10.4. The number of aryl methyl sites for hydroxylation is 1. The van der Waals surface area contributed by atoms with Gasteiger partial charge in [-0.2, -0.15) is 0 Å². The molecule has 5 rings (SSSR count). The lowest BCUT2D eigenvalue weighted by atomic mass is 10.1. The second-order valence-corrected chi connectivity index (χ2v) is 8.50. The molecule has 0 unspecified atom stereocenters. The summed E-state index contributed by atoms with van der Waals surface area (Å²) >= 11 is 13.6. The monoisotopic (exact) mass is 430 g/mol. The van der Waals surface area contributed by atoms with E-state index < -0.39 is 5.97 Å². The molecular weight excluding hydrogens is 419 g/mol. The molecule has 4 aromatic rings. The first-order chi connectivity index (χ1) is 13.5. The van der Waals surface area contributed by atoms with Crippen LogP contribution in [-0.2, 0) is 12.8 Å². The average Bonchev–Trinajstić information content (AvgIpc) is 3.27. The predicted molar refractivity (Wildman–Crippen MR) is 111 cm³/mol. The SMILES string of the molecule is O=C(Oc1ccc2c3c(c(=O)oc2c1)CCC3)c1sc2cc(Cl)ccc2c1Cl. The number of hydrogen-bond donors (Lipinski definition) is 0. The molecule has 0 saturated heterocycles. The van der Waals surface area contributed by atoms with Crippen LogP contribution in [0.3, 0.4) is 0 Å². The van der Waals surface area contributed by atoms with Gasteiger partial charge in [-0.05, 0) is 49.1 Å². The first-order valence-electron chi connectivity index (χ1n) is 8.69. The molecule has 7 heteroatoms. The third-order valence-corrected chi connectivity index (χ3v) is 6.80. The van der Waals surface area contributed by atoms with E-state index in [9.17, 15) is 9.59 Å². The molecule has 4 nitrogen and oxygen atoms in total. The first kappa shape index (κ1) is 17.7. The van der Waals surface area contributed by atoms with Crippen LogP contribution < -0.4 is 10.4 Å². The van der Waals surface area contributed by atoms with E-state index in [2.05, 4.69) is 0 Å². The van der Waals surface area contributed by atoms with Gasteiger partial charge in [0.15, 0.2) is 0 Å². The Morgan fingerprint density at radius 2 is 1.82 bits per heavy atom. The van der Waals surface area contributed by atoms with E-state index in [0.29, 0.717) is 26.3 Å². The zero-order chi connectivity index (χ0) is 19.4. The number of carbonyl (C=O) groups excluding carboxylic acids is 1. The fourth-order valence-corrected chi connectivity index (χ4v) is 5.31. The molecular formula is C21H12Cl2O4S. The fourth-order valence-electron chi connectivity index (χ4n) is 3.65. The molecule has 1 aliphatic carbocycles. The van der Waals surface area contributed by atoms with E-state index in [0.717, 1.165) is 45.9 Å². The average molecular weight is 431 g/mol. The van der Waals surface area contributed by atoms with Crippen molar-refractivity contribution in [1.29, 1.82) is 0 Å². The Hall–Kier alpha value is -2.34. The minimum atomic E-state index is -0.565. The van der Waals surface area contributed by atoms with Gasteiger partial charge in [-0.25, -0.2) is 9.59 Å². The summed E-state index contributed by atoms with van der Waals surface area (Å²) in [6.45, 7) is 0. The van der Waals surface area contributed by atoms with Gasteiger partial charge in [0.1, 0.15) is 16.2 Å². The zero-order valence-corrected chi connectivity index (χ0v) is 16.7. The number of fused-ring (bicyclic) bond motifs is 4. The smallest absolute Gasteiger partial charge is 0.355 e. The van der Waals surface area contributed by atoms with Gasteiger partial charge in [-0.15, -0.1) is 11.3 Å². The molecule has 28 heavy (non-hydrogen) atoms. The molecule has 140 valence electrons. The molecule has 2 aromatic heterocycles. The van der Waals surface area contributed by atoms with E-state index in [1.807, 2.05) is 6.07 Å².